The van der Waals surface area contributed by atoms with E-state index >= 15 is 19.2 Å². The topological polar surface area (TPSA) is 93.2 Å². The van der Waals surface area contributed by atoms with E-state index in [1.54, 1.807) is 9.80 Å². The van der Waals surface area contributed by atoms with Crippen molar-refractivity contribution in [1.82, 2.24) is 9.80 Å². The lowest BCUT2D eigenvalue weighted by molar-refractivity contribution is -0.146. The van der Waals surface area contributed by atoms with Crippen molar-refractivity contribution in [2.45, 2.75) is 183 Å². The van der Waals surface area contributed by atoms with E-state index in [0.717, 1.165) is 33.0 Å². The summed E-state index contributed by atoms with van der Waals surface area (Å²) in [7, 11) is -11.0. The molecule has 0 saturated carbocycles. The van der Waals surface area contributed by atoms with E-state index in [1.807, 2.05) is 0 Å². The van der Waals surface area contributed by atoms with Crippen LogP contribution in [0.15, 0.2) is 24.3 Å². The Morgan fingerprint density at radius 2 is 0.689 bits per heavy atom. The fraction of sp³-hybridized carbons (Fsp3) is 0.714. The van der Waals surface area contributed by atoms with Crippen molar-refractivity contribution in [3.8, 4) is 0 Å². The Morgan fingerprint density at radius 1 is 0.443 bits per heavy atom. The first-order chi connectivity index (χ1) is 27.5. The zero-order valence-electron chi connectivity index (χ0n) is 41.1. The van der Waals surface area contributed by atoms with E-state index in [9.17, 15) is 0 Å². The molecule has 7 aliphatic heterocycles. The summed E-state index contributed by atoms with van der Waals surface area (Å²) in [5.74, 6) is -3.21. The van der Waals surface area contributed by atoms with Crippen LogP contribution in [0.2, 0.25) is 72.5 Å². The Morgan fingerprint density at radius 3 is 0.951 bits per heavy atom. The molecule has 8 atom stereocenters. The molecule has 0 aromatic heterocycles. The molecule has 0 radical (unpaired) electrons. The maximum absolute atomic E-state index is 15.6. The predicted molar refractivity (Wildman–Crippen MR) is 254 cm³/mol. The highest BCUT2D eigenvalue weighted by Crippen LogP contribution is 2.79. The number of ether oxygens (including phenoxy) is 2. The van der Waals surface area contributed by atoms with Crippen molar-refractivity contribution < 1.29 is 28.7 Å². The zero-order chi connectivity index (χ0) is 45.6. The van der Waals surface area contributed by atoms with Gasteiger partial charge in [-0.15, -0.1) is 0 Å². The van der Waals surface area contributed by atoms with Gasteiger partial charge in [0.1, 0.15) is 0 Å². The molecule has 4 saturated heterocycles. The summed E-state index contributed by atoms with van der Waals surface area (Å²) < 4.78 is 16.5. The number of carbonyl (C=O) groups excluding carboxylic acids is 4. The number of imide groups is 2. The molecule has 12 bridgehead atoms. The van der Waals surface area contributed by atoms with Gasteiger partial charge in [-0.1, -0.05) is 160 Å². The molecule has 8 nitrogen and oxygen atoms in total. The second kappa shape index (κ2) is 11.6. The van der Waals surface area contributed by atoms with Gasteiger partial charge in [0.25, 0.3) is 0 Å². The second-order valence-electron chi connectivity index (χ2n) is 26.6. The van der Waals surface area contributed by atoms with Gasteiger partial charge in [-0.3, -0.25) is 29.0 Å². The lowest BCUT2D eigenvalue weighted by Crippen LogP contribution is -2.62. The number of hydrogen-bond donors (Lipinski definition) is 0. The molecule has 61 heavy (non-hydrogen) atoms. The maximum atomic E-state index is 15.6. The largest absolute Gasteiger partial charge is 0.365 e. The summed E-state index contributed by atoms with van der Waals surface area (Å²) in [5.41, 5.74) is 4.44. The fourth-order valence-electron chi connectivity index (χ4n) is 14.0. The molecular formula is C49H74N2O6Si4. The summed E-state index contributed by atoms with van der Waals surface area (Å²) in [6, 6.07) is 9.23. The molecule has 0 aliphatic carbocycles. The van der Waals surface area contributed by atoms with Crippen molar-refractivity contribution in [3.05, 3.63) is 46.5 Å². The fourth-order valence-corrected chi connectivity index (χ4v) is 28.1. The third-order valence-electron chi connectivity index (χ3n) is 20.9. The Labute approximate surface area is 369 Å². The summed E-state index contributed by atoms with van der Waals surface area (Å²) in [4.78, 5) is 65.3. The van der Waals surface area contributed by atoms with Crippen LogP contribution in [0.3, 0.4) is 0 Å². The van der Waals surface area contributed by atoms with Crippen LogP contribution >= 0.6 is 0 Å². The van der Waals surface area contributed by atoms with E-state index in [1.165, 1.54) is 0 Å². The molecule has 7 aliphatic rings. The average Bonchev–Trinajstić information content (AvgIpc) is 3.91. The number of fused-ring (bicyclic) bond motifs is 8. The molecular weight excluding hydrogens is 825 g/mol. The standard InChI is InChI=1S/C49H74N2O6Si4/c1-42(2,3)58(13,14)46-30-24-22-29-28-23-25-31-33(29)49(61(19,20)45(10,11)12)37-35(47(31,57-49)59(15,16)43(4,5)6)39(53)51(41(37)55)27-21-26-50-38(52)34(46)36(40(50)54)48(56-46,32(28)30)60(17,18)44(7,8)9/h22-25,34-37H,21,26-27H2,1-20H3/t34?,35?,36?,37?,46-,47-,48+,49+/m0/s1. The Bertz CT molecular complexity index is 2250. The molecule has 9 rings (SSSR count). The highest BCUT2D eigenvalue weighted by molar-refractivity contribution is 6.87. The summed E-state index contributed by atoms with van der Waals surface area (Å²) in [6.07, 6.45) is 0.338. The minimum Gasteiger partial charge on any atom is -0.365 e. The summed E-state index contributed by atoms with van der Waals surface area (Å²) >= 11 is 0. The smallest absolute Gasteiger partial charge is 0.236 e. The van der Waals surface area contributed by atoms with E-state index in [-0.39, 0.29) is 56.9 Å². The van der Waals surface area contributed by atoms with Gasteiger partial charge in [-0.2, -0.15) is 0 Å². The van der Waals surface area contributed by atoms with Crippen molar-refractivity contribution in [3.63, 3.8) is 0 Å². The highest BCUT2D eigenvalue weighted by atomic mass is 28.3. The number of carbonyl (C=O) groups is 4. The van der Waals surface area contributed by atoms with Crippen molar-refractivity contribution in [2.75, 3.05) is 13.1 Å². The average molecular weight is 899 g/mol. The van der Waals surface area contributed by atoms with Gasteiger partial charge < -0.3 is 9.47 Å². The molecule has 2 aromatic rings. The first-order valence-electron chi connectivity index (χ1n) is 23.2. The molecule has 4 unspecified atom stereocenters. The lowest BCUT2D eigenvalue weighted by Gasteiger charge is -2.52. The molecule has 0 N–H and O–H groups in total. The van der Waals surface area contributed by atoms with Crippen LogP contribution in [0, 0.1) is 23.7 Å². The van der Waals surface area contributed by atoms with Gasteiger partial charge in [0.05, 0.1) is 76.9 Å². The molecule has 4 amide bonds. The maximum Gasteiger partial charge on any atom is 0.236 e. The molecule has 12 heteroatoms. The van der Waals surface area contributed by atoms with Crippen molar-refractivity contribution in [1.29, 1.82) is 0 Å². The van der Waals surface area contributed by atoms with Crippen molar-refractivity contribution in [2.24, 2.45) is 23.7 Å². The van der Waals surface area contributed by atoms with Gasteiger partial charge in [-0.25, -0.2) is 0 Å². The lowest BCUT2D eigenvalue weighted by atomic mass is 9.71. The molecule has 4 fully saturated rings. The molecule has 332 valence electrons. The molecule has 7 heterocycles. The Hall–Kier alpha value is -2.23. The van der Waals surface area contributed by atoms with E-state index in [4.69, 9.17) is 9.47 Å². The molecule has 0 spiro atoms. The van der Waals surface area contributed by atoms with Crippen LogP contribution in [-0.2, 0) is 49.5 Å². The van der Waals surface area contributed by atoms with Gasteiger partial charge in [0, 0.05) is 13.1 Å². The minimum atomic E-state index is -2.80. The normalized spacial score (nSPS) is 34.9. The van der Waals surface area contributed by atoms with Crippen LogP contribution < -0.4 is 0 Å². The number of benzene rings is 2. The predicted octanol–water partition coefficient (Wildman–Crippen LogP) is 10.5. The second-order valence-corrected chi connectivity index (χ2v) is 48.6. The van der Waals surface area contributed by atoms with Gasteiger partial charge in [-0.05, 0) is 59.6 Å². The van der Waals surface area contributed by atoms with Gasteiger partial charge in [0.2, 0.25) is 23.6 Å². The van der Waals surface area contributed by atoms with E-state index < -0.39 is 76.9 Å². The van der Waals surface area contributed by atoms with Crippen LogP contribution in [-0.4, -0.2) is 78.8 Å². The van der Waals surface area contributed by atoms with Crippen LogP contribution in [0.5, 0.6) is 0 Å². The Balaban J connectivity index is 1.55. The zero-order valence-corrected chi connectivity index (χ0v) is 45.1. The third kappa shape index (κ3) is 4.24. The summed E-state index contributed by atoms with van der Waals surface area (Å²) in [5, 5.41) is -2.61. The first-order valence-corrected chi connectivity index (χ1v) is 35.2. The Kier molecular flexibility index (Phi) is 8.35. The van der Waals surface area contributed by atoms with Crippen LogP contribution in [0.4, 0.5) is 0 Å². The van der Waals surface area contributed by atoms with E-state index in [2.05, 4.69) is 160 Å². The van der Waals surface area contributed by atoms with Crippen LogP contribution in [0.25, 0.3) is 10.8 Å². The highest BCUT2D eigenvalue weighted by Gasteiger charge is 2.87. The number of rotatable bonds is 4. The van der Waals surface area contributed by atoms with E-state index in [0.29, 0.717) is 6.42 Å². The van der Waals surface area contributed by atoms with Crippen molar-refractivity contribution >= 4 is 66.7 Å². The SMILES string of the molecule is CC(C)(C)[Si](C)(C)[C@@]12O[C@@]3([Si](C)(C)C(C)(C)C)c4c1ccc1c5c(ccc41)[C@@]1([Si](C)(C)C(C)(C)C)O[C@]5([Si](C)(C)C(C)(C)C)C4C(=O)N(CCCN5C(=O)C2C3C5=O)C(=O)C41. The number of hydrogen-bond acceptors (Lipinski definition) is 6. The summed E-state index contributed by atoms with van der Waals surface area (Å²) in [6.45, 7) is 47.3. The quantitative estimate of drug-likeness (QED) is 0.224. The number of amides is 4. The first kappa shape index (κ1) is 44.0. The van der Waals surface area contributed by atoms with Crippen LogP contribution in [0.1, 0.15) is 112 Å². The minimum absolute atomic E-state index is 0.142. The third-order valence-corrected chi connectivity index (χ3v) is 46.0. The number of nitrogens with zero attached hydrogens (tertiary/aromatic N) is 2. The monoisotopic (exact) mass is 898 g/mol. The van der Waals surface area contributed by atoms with Gasteiger partial charge >= 0.3 is 0 Å². The molecule has 2 aromatic carbocycles. The van der Waals surface area contributed by atoms with Gasteiger partial charge in [0.15, 0.2) is 0 Å².